The molecule has 5 nitrogen and oxygen atoms in total. The fourth-order valence-corrected chi connectivity index (χ4v) is 3.23. The molecule has 0 aliphatic rings. The lowest BCUT2D eigenvalue weighted by Crippen LogP contribution is -2.15. The molecule has 0 aliphatic heterocycles. The van der Waals surface area contributed by atoms with Gasteiger partial charge in [0.25, 0.3) is 0 Å². The Morgan fingerprint density at radius 1 is 0.963 bits per heavy atom. The molecule has 0 bridgehead atoms. The van der Waals surface area contributed by atoms with Crippen molar-refractivity contribution in [1.29, 1.82) is 0 Å². The Bertz CT molecular complexity index is 827. The maximum atomic E-state index is 10.4. The number of unbranched alkanes of at least 4 members (excludes halogenated alkanes) is 4. The first kappa shape index (κ1) is 19.2. The van der Waals surface area contributed by atoms with E-state index in [2.05, 4.69) is 24.0 Å². The SMILES string of the molecule is CCCCCCCC(CC)Oc1ccc(-n2nc3ccccc3n2)c(O)c1. The van der Waals surface area contributed by atoms with Crippen LogP contribution in [-0.2, 0) is 0 Å². The van der Waals surface area contributed by atoms with Crippen LogP contribution < -0.4 is 4.74 Å². The molecule has 0 fully saturated rings. The maximum Gasteiger partial charge on any atom is 0.146 e. The number of hydrogen-bond acceptors (Lipinski definition) is 4. The summed E-state index contributed by atoms with van der Waals surface area (Å²) in [5.41, 5.74) is 2.14. The molecule has 1 N–H and O–H groups in total. The van der Waals surface area contributed by atoms with Crippen molar-refractivity contribution in [3.8, 4) is 17.2 Å². The molecule has 1 heterocycles. The van der Waals surface area contributed by atoms with Gasteiger partial charge in [-0.2, -0.15) is 0 Å². The molecule has 3 aromatic rings. The maximum absolute atomic E-state index is 10.4. The van der Waals surface area contributed by atoms with Crippen LogP contribution in [0.15, 0.2) is 42.5 Å². The molecule has 5 heteroatoms. The summed E-state index contributed by atoms with van der Waals surface area (Å²) in [6, 6.07) is 13.0. The lowest BCUT2D eigenvalue weighted by atomic mass is 10.1. The van der Waals surface area contributed by atoms with Crippen LogP contribution in [0.4, 0.5) is 0 Å². The van der Waals surface area contributed by atoms with Gasteiger partial charge in [0, 0.05) is 6.07 Å². The van der Waals surface area contributed by atoms with Crippen LogP contribution >= 0.6 is 0 Å². The molecule has 0 radical (unpaired) electrons. The van der Waals surface area contributed by atoms with Crippen LogP contribution in [0, 0.1) is 0 Å². The van der Waals surface area contributed by atoms with Gasteiger partial charge in [-0.1, -0.05) is 51.7 Å². The summed E-state index contributed by atoms with van der Waals surface area (Å²) in [6.45, 7) is 4.37. The molecule has 144 valence electrons. The molecular weight excluding hydrogens is 338 g/mol. The third kappa shape index (κ3) is 5.00. The van der Waals surface area contributed by atoms with Crippen molar-refractivity contribution in [3.63, 3.8) is 0 Å². The highest BCUT2D eigenvalue weighted by Gasteiger charge is 2.12. The third-order valence-electron chi connectivity index (χ3n) is 4.84. The summed E-state index contributed by atoms with van der Waals surface area (Å²) in [5.74, 6) is 0.805. The van der Waals surface area contributed by atoms with E-state index in [0.717, 1.165) is 23.9 Å². The summed E-state index contributed by atoms with van der Waals surface area (Å²) in [5, 5.41) is 19.3. The van der Waals surface area contributed by atoms with E-state index >= 15 is 0 Å². The molecule has 0 spiro atoms. The van der Waals surface area contributed by atoms with Crippen molar-refractivity contribution < 1.29 is 9.84 Å². The Morgan fingerprint density at radius 2 is 1.67 bits per heavy atom. The minimum absolute atomic E-state index is 0.116. The summed E-state index contributed by atoms with van der Waals surface area (Å²) < 4.78 is 6.09. The third-order valence-corrected chi connectivity index (χ3v) is 4.84. The fourth-order valence-electron chi connectivity index (χ4n) is 3.23. The number of aromatic nitrogens is 3. The van der Waals surface area contributed by atoms with Gasteiger partial charge in [-0.3, -0.25) is 0 Å². The lowest BCUT2D eigenvalue weighted by molar-refractivity contribution is 0.182. The largest absolute Gasteiger partial charge is 0.505 e. The molecule has 1 aromatic heterocycles. The highest BCUT2D eigenvalue weighted by molar-refractivity contribution is 5.73. The van der Waals surface area contributed by atoms with Crippen molar-refractivity contribution in [2.75, 3.05) is 0 Å². The van der Waals surface area contributed by atoms with Gasteiger partial charge >= 0.3 is 0 Å². The number of aromatic hydroxyl groups is 1. The zero-order valence-electron chi connectivity index (χ0n) is 16.3. The summed E-state index contributed by atoms with van der Waals surface area (Å²) in [6.07, 6.45) is 8.51. The topological polar surface area (TPSA) is 60.2 Å². The van der Waals surface area contributed by atoms with Crippen LogP contribution in [0.1, 0.15) is 58.8 Å². The quantitative estimate of drug-likeness (QED) is 0.471. The molecule has 2 aromatic carbocycles. The zero-order chi connectivity index (χ0) is 19.1. The number of fused-ring (bicyclic) bond motifs is 1. The first-order valence-corrected chi connectivity index (χ1v) is 10.0. The number of rotatable bonds is 10. The number of nitrogens with zero attached hydrogens (tertiary/aromatic N) is 3. The molecule has 0 amide bonds. The van der Waals surface area contributed by atoms with Crippen LogP contribution in [0.3, 0.4) is 0 Å². The molecule has 27 heavy (non-hydrogen) atoms. The Hall–Kier alpha value is -2.56. The molecular formula is C22H29N3O2. The minimum atomic E-state index is 0.116. The van der Waals surface area contributed by atoms with Gasteiger partial charge in [-0.15, -0.1) is 15.0 Å². The minimum Gasteiger partial charge on any atom is -0.505 e. The van der Waals surface area contributed by atoms with Gasteiger partial charge in [0.1, 0.15) is 28.2 Å². The van der Waals surface area contributed by atoms with E-state index in [0.29, 0.717) is 11.4 Å². The highest BCUT2D eigenvalue weighted by atomic mass is 16.5. The molecule has 0 saturated carbocycles. The molecule has 1 unspecified atom stereocenters. The van der Waals surface area contributed by atoms with Crippen LogP contribution in [0.2, 0.25) is 0 Å². The van der Waals surface area contributed by atoms with E-state index in [-0.39, 0.29) is 11.9 Å². The normalized spacial score (nSPS) is 12.4. The molecule has 1 atom stereocenters. The Kier molecular flexibility index (Phi) is 6.69. The summed E-state index contributed by atoms with van der Waals surface area (Å²) in [7, 11) is 0. The predicted octanol–water partition coefficient (Wildman–Crippen LogP) is 5.64. The number of phenols is 1. The zero-order valence-corrected chi connectivity index (χ0v) is 16.3. The van der Waals surface area contributed by atoms with Crippen LogP contribution in [0.5, 0.6) is 11.5 Å². The first-order valence-electron chi connectivity index (χ1n) is 10.0. The van der Waals surface area contributed by atoms with Crippen molar-refractivity contribution >= 4 is 11.0 Å². The average molecular weight is 367 g/mol. The average Bonchev–Trinajstić information content (AvgIpc) is 3.10. The molecule has 0 aliphatic carbocycles. The monoisotopic (exact) mass is 367 g/mol. The smallest absolute Gasteiger partial charge is 0.146 e. The Morgan fingerprint density at radius 3 is 2.30 bits per heavy atom. The Labute approximate surface area is 161 Å². The van der Waals surface area contributed by atoms with Gasteiger partial charge in [-0.05, 0) is 43.5 Å². The second-order valence-electron chi connectivity index (χ2n) is 6.98. The fraction of sp³-hybridized carbons (Fsp3) is 0.455. The standard InChI is InChI=1S/C22H29N3O2/c1-3-5-6-7-8-11-17(4-2)27-18-14-15-21(22(26)16-18)25-23-19-12-9-10-13-20(19)24-25/h9-10,12-17,26H,3-8,11H2,1-2H3. The van der Waals surface area contributed by atoms with E-state index in [1.54, 1.807) is 12.1 Å². The molecule has 3 rings (SSSR count). The van der Waals surface area contributed by atoms with E-state index in [1.807, 2.05) is 30.3 Å². The van der Waals surface area contributed by atoms with Crippen molar-refractivity contribution in [3.05, 3.63) is 42.5 Å². The Balaban J connectivity index is 1.65. The van der Waals surface area contributed by atoms with E-state index in [1.165, 1.54) is 36.9 Å². The molecule has 0 saturated heterocycles. The van der Waals surface area contributed by atoms with Gasteiger partial charge in [0.2, 0.25) is 0 Å². The first-order chi connectivity index (χ1) is 13.2. The number of ether oxygens (including phenoxy) is 1. The van der Waals surface area contributed by atoms with E-state index < -0.39 is 0 Å². The van der Waals surface area contributed by atoms with Gasteiger partial charge in [0.15, 0.2) is 0 Å². The number of phenolic OH excluding ortho intramolecular Hbond substituents is 1. The predicted molar refractivity (Wildman–Crippen MR) is 109 cm³/mol. The van der Waals surface area contributed by atoms with Gasteiger partial charge < -0.3 is 9.84 Å². The summed E-state index contributed by atoms with van der Waals surface area (Å²) in [4.78, 5) is 1.47. The second kappa shape index (κ2) is 9.40. The van der Waals surface area contributed by atoms with Crippen molar-refractivity contribution in [1.82, 2.24) is 15.0 Å². The van der Waals surface area contributed by atoms with Crippen LogP contribution in [-0.4, -0.2) is 26.2 Å². The number of hydrogen-bond donors (Lipinski definition) is 1. The van der Waals surface area contributed by atoms with E-state index in [9.17, 15) is 5.11 Å². The van der Waals surface area contributed by atoms with Crippen LogP contribution in [0.25, 0.3) is 16.7 Å². The van der Waals surface area contributed by atoms with Crippen molar-refractivity contribution in [2.45, 2.75) is 64.9 Å². The van der Waals surface area contributed by atoms with Gasteiger partial charge in [0.05, 0.1) is 6.10 Å². The lowest BCUT2D eigenvalue weighted by Gasteiger charge is -2.18. The van der Waals surface area contributed by atoms with E-state index in [4.69, 9.17) is 4.74 Å². The summed E-state index contributed by atoms with van der Waals surface area (Å²) >= 11 is 0. The second-order valence-corrected chi connectivity index (χ2v) is 6.98. The highest BCUT2D eigenvalue weighted by Crippen LogP contribution is 2.28. The number of benzene rings is 2. The van der Waals surface area contributed by atoms with Crippen molar-refractivity contribution in [2.24, 2.45) is 0 Å². The van der Waals surface area contributed by atoms with Gasteiger partial charge in [-0.25, -0.2) is 0 Å².